The molecule has 2 heterocycles. The second-order valence-corrected chi connectivity index (χ2v) is 4.72. The van der Waals surface area contributed by atoms with Crippen LogP contribution in [-0.4, -0.2) is 47.0 Å². The Morgan fingerprint density at radius 1 is 1.26 bits per heavy atom. The van der Waals surface area contributed by atoms with Gasteiger partial charge in [-0.25, -0.2) is 9.97 Å². The van der Waals surface area contributed by atoms with Crippen molar-refractivity contribution in [1.29, 1.82) is 0 Å². The van der Waals surface area contributed by atoms with E-state index < -0.39 is 0 Å². The van der Waals surface area contributed by atoms with Crippen LogP contribution in [0.15, 0.2) is 12.1 Å². The lowest BCUT2D eigenvalue weighted by molar-refractivity contribution is -0.129. The Hall–Kier alpha value is -1.91. The van der Waals surface area contributed by atoms with Crippen molar-refractivity contribution in [3.8, 4) is 0 Å². The Morgan fingerprint density at radius 3 is 2.53 bits per heavy atom. The summed E-state index contributed by atoms with van der Waals surface area (Å²) in [5.74, 6) is 1.84. The minimum absolute atomic E-state index is 0.146. The van der Waals surface area contributed by atoms with Gasteiger partial charge >= 0.3 is 0 Å². The summed E-state index contributed by atoms with van der Waals surface area (Å²) in [6.07, 6.45) is 3.84. The molecule has 0 aromatic carbocycles. The predicted octanol–water partition coefficient (Wildman–Crippen LogP) is 1.49. The van der Waals surface area contributed by atoms with Gasteiger partial charge in [-0.05, 0) is 19.9 Å². The van der Waals surface area contributed by atoms with Crippen molar-refractivity contribution < 1.29 is 4.79 Å². The van der Waals surface area contributed by atoms with E-state index in [1.807, 2.05) is 37.0 Å². The van der Waals surface area contributed by atoms with Gasteiger partial charge < -0.3 is 9.80 Å². The highest BCUT2D eigenvalue weighted by Crippen LogP contribution is 2.15. The van der Waals surface area contributed by atoms with Crippen LogP contribution in [-0.2, 0) is 4.79 Å². The molecular weight excluding hydrogens is 240 g/mol. The summed E-state index contributed by atoms with van der Waals surface area (Å²) < 4.78 is 0. The molecule has 0 N–H and O–H groups in total. The number of nitrogens with zero attached hydrogens (tertiary/aromatic N) is 4. The molecule has 1 fully saturated rings. The van der Waals surface area contributed by atoms with Crippen LogP contribution >= 0.6 is 0 Å². The molecule has 5 nitrogen and oxygen atoms in total. The molecule has 5 heteroatoms. The standard InChI is InChI=1S/C14H20N4O/c1-4-5-13-15-11(2)10-14(16-13)18-8-6-17(7-9-18)12(3)19/h4-5,10H,6-9H2,1-3H3/b5-4+. The Morgan fingerprint density at radius 2 is 1.95 bits per heavy atom. The highest BCUT2D eigenvalue weighted by molar-refractivity contribution is 5.73. The van der Waals surface area contributed by atoms with Gasteiger partial charge in [0.15, 0.2) is 5.82 Å². The zero-order valence-corrected chi connectivity index (χ0v) is 11.8. The quantitative estimate of drug-likeness (QED) is 0.808. The minimum Gasteiger partial charge on any atom is -0.353 e. The normalized spacial score (nSPS) is 16.2. The van der Waals surface area contributed by atoms with Crippen LogP contribution in [0, 0.1) is 6.92 Å². The fraction of sp³-hybridized carbons (Fsp3) is 0.500. The van der Waals surface area contributed by atoms with Gasteiger partial charge in [-0.15, -0.1) is 0 Å². The zero-order chi connectivity index (χ0) is 13.8. The van der Waals surface area contributed by atoms with Crippen LogP contribution in [0.5, 0.6) is 0 Å². The van der Waals surface area contributed by atoms with E-state index in [-0.39, 0.29) is 5.91 Å². The van der Waals surface area contributed by atoms with E-state index in [0.717, 1.165) is 43.5 Å². The van der Waals surface area contributed by atoms with Gasteiger partial charge in [0.1, 0.15) is 5.82 Å². The lowest BCUT2D eigenvalue weighted by atomic mass is 10.3. The number of allylic oxidation sites excluding steroid dienone is 1. The molecule has 2 rings (SSSR count). The van der Waals surface area contributed by atoms with Gasteiger partial charge in [0.2, 0.25) is 5.91 Å². The summed E-state index contributed by atoms with van der Waals surface area (Å²) >= 11 is 0. The molecule has 1 amide bonds. The second kappa shape index (κ2) is 5.82. The molecule has 1 aliphatic rings. The molecule has 0 saturated carbocycles. The average Bonchev–Trinajstić information content (AvgIpc) is 2.38. The molecular formula is C14H20N4O. The molecule has 1 saturated heterocycles. The molecule has 0 radical (unpaired) electrons. The van der Waals surface area contributed by atoms with Crippen LogP contribution < -0.4 is 4.90 Å². The first-order valence-electron chi connectivity index (χ1n) is 6.59. The molecule has 1 aromatic heterocycles. The first-order valence-corrected chi connectivity index (χ1v) is 6.59. The highest BCUT2D eigenvalue weighted by Gasteiger charge is 2.19. The number of piperazine rings is 1. The van der Waals surface area contributed by atoms with Crippen molar-refractivity contribution in [1.82, 2.24) is 14.9 Å². The molecule has 1 aromatic rings. The minimum atomic E-state index is 0.146. The lowest BCUT2D eigenvalue weighted by Gasteiger charge is -2.35. The van der Waals surface area contributed by atoms with Crippen molar-refractivity contribution in [3.05, 3.63) is 23.7 Å². The number of anilines is 1. The predicted molar refractivity (Wildman–Crippen MR) is 75.9 cm³/mol. The summed E-state index contributed by atoms with van der Waals surface area (Å²) in [6, 6.07) is 2.00. The van der Waals surface area contributed by atoms with Gasteiger partial charge in [0, 0.05) is 44.9 Å². The summed E-state index contributed by atoms with van der Waals surface area (Å²) in [4.78, 5) is 24.3. The number of amides is 1. The van der Waals surface area contributed by atoms with E-state index >= 15 is 0 Å². The molecule has 1 aliphatic heterocycles. The molecule has 0 bridgehead atoms. The second-order valence-electron chi connectivity index (χ2n) is 4.72. The van der Waals surface area contributed by atoms with Crippen molar-refractivity contribution in [2.45, 2.75) is 20.8 Å². The maximum absolute atomic E-state index is 11.3. The fourth-order valence-electron chi connectivity index (χ4n) is 2.21. The number of rotatable bonds is 2. The van der Waals surface area contributed by atoms with Crippen LogP contribution in [0.4, 0.5) is 5.82 Å². The van der Waals surface area contributed by atoms with E-state index in [1.165, 1.54) is 0 Å². The smallest absolute Gasteiger partial charge is 0.219 e. The largest absolute Gasteiger partial charge is 0.353 e. The number of aromatic nitrogens is 2. The highest BCUT2D eigenvalue weighted by atomic mass is 16.2. The molecule has 0 unspecified atom stereocenters. The molecule has 19 heavy (non-hydrogen) atoms. The van der Waals surface area contributed by atoms with Crippen molar-refractivity contribution in [2.24, 2.45) is 0 Å². The van der Waals surface area contributed by atoms with Gasteiger partial charge in [-0.2, -0.15) is 0 Å². The zero-order valence-electron chi connectivity index (χ0n) is 11.8. The summed E-state index contributed by atoms with van der Waals surface area (Å²) in [5.41, 5.74) is 0.965. The molecule has 0 spiro atoms. The van der Waals surface area contributed by atoms with Crippen LogP contribution in [0.1, 0.15) is 25.4 Å². The van der Waals surface area contributed by atoms with Crippen LogP contribution in [0.25, 0.3) is 6.08 Å². The Balaban J connectivity index is 2.13. The molecule has 0 atom stereocenters. The van der Waals surface area contributed by atoms with Gasteiger partial charge in [0.25, 0.3) is 0 Å². The first-order chi connectivity index (χ1) is 9.10. The van der Waals surface area contributed by atoms with Gasteiger partial charge in [0.05, 0.1) is 0 Å². The van der Waals surface area contributed by atoms with E-state index in [9.17, 15) is 4.79 Å². The maximum Gasteiger partial charge on any atom is 0.219 e. The monoisotopic (exact) mass is 260 g/mol. The van der Waals surface area contributed by atoms with E-state index in [2.05, 4.69) is 14.9 Å². The lowest BCUT2D eigenvalue weighted by Crippen LogP contribution is -2.48. The number of carbonyl (C=O) groups is 1. The molecule has 0 aliphatic carbocycles. The van der Waals surface area contributed by atoms with Gasteiger partial charge in [-0.1, -0.05) is 6.08 Å². The van der Waals surface area contributed by atoms with Gasteiger partial charge in [-0.3, -0.25) is 4.79 Å². The Kier molecular flexibility index (Phi) is 4.14. The number of hydrogen-bond acceptors (Lipinski definition) is 4. The third-order valence-corrected chi connectivity index (χ3v) is 3.22. The van der Waals surface area contributed by atoms with E-state index in [1.54, 1.807) is 6.92 Å². The third-order valence-electron chi connectivity index (χ3n) is 3.22. The molecule has 102 valence electrons. The summed E-state index contributed by atoms with van der Waals surface area (Å²) in [6.45, 7) is 8.72. The number of carbonyl (C=O) groups excluding carboxylic acids is 1. The third kappa shape index (κ3) is 3.30. The van der Waals surface area contributed by atoms with E-state index in [4.69, 9.17) is 0 Å². The maximum atomic E-state index is 11.3. The summed E-state index contributed by atoms with van der Waals surface area (Å²) in [7, 11) is 0. The van der Waals surface area contributed by atoms with Crippen molar-refractivity contribution >= 4 is 17.8 Å². The number of hydrogen-bond donors (Lipinski definition) is 0. The average molecular weight is 260 g/mol. The summed E-state index contributed by atoms with van der Waals surface area (Å²) in [5, 5.41) is 0. The fourth-order valence-corrected chi connectivity index (χ4v) is 2.21. The van der Waals surface area contributed by atoms with E-state index in [0.29, 0.717) is 0 Å². The number of aryl methyl sites for hydroxylation is 1. The first kappa shape index (κ1) is 13.5. The topological polar surface area (TPSA) is 49.3 Å². The SMILES string of the molecule is C/C=C/c1nc(C)cc(N2CCN(C(C)=O)CC2)n1. The van der Waals surface area contributed by atoms with Crippen LogP contribution in [0.3, 0.4) is 0 Å². The van der Waals surface area contributed by atoms with Crippen molar-refractivity contribution in [2.75, 3.05) is 31.1 Å². The van der Waals surface area contributed by atoms with Crippen molar-refractivity contribution in [3.63, 3.8) is 0 Å². The Labute approximate surface area is 114 Å². The van der Waals surface area contributed by atoms with Crippen LogP contribution in [0.2, 0.25) is 0 Å². The Bertz CT molecular complexity index is 490.